The number of aryl methyl sites for hydroxylation is 1. The molecule has 0 saturated heterocycles. The summed E-state index contributed by atoms with van der Waals surface area (Å²) in [6.07, 6.45) is 3.31. The molecule has 3 aromatic rings. The Kier molecular flexibility index (Phi) is 5.94. The predicted octanol–water partition coefficient (Wildman–Crippen LogP) is 3.48. The van der Waals surface area contributed by atoms with Crippen molar-refractivity contribution in [2.45, 2.75) is 13.5 Å². The maximum absolute atomic E-state index is 12.6. The Bertz CT molecular complexity index is 1070. The zero-order chi connectivity index (χ0) is 20.8. The fraction of sp³-hybridized carbons (Fsp3) is 0.0952. The molecule has 8 nitrogen and oxygen atoms in total. The van der Waals surface area contributed by atoms with Crippen LogP contribution >= 0.6 is 0 Å². The fourth-order valence-corrected chi connectivity index (χ4v) is 2.77. The van der Waals surface area contributed by atoms with Crippen molar-refractivity contribution in [1.29, 1.82) is 0 Å². The smallest absolute Gasteiger partial charge is 0.272 e. The van der Waals surface area contributed by atoms with Crippen molar-refractivity contribution in [3.05, 3.63) is 99.4 Å². The molecule has 3 rings (SSSR count). The number of nitro benzene ring substituents is 1. The Morgan fingerprint density at radius 2 is 1.86 bits per heavy atom. The van der Waals surface area contributed by atoms with Crippen molar-refractivity contribution in [2.75, 3.05) is 5.32 Å². The number of anilines is 1. The minimum absolute atomic E-state index is 0.0586. The standard InChI is InChI=1S/C21H18N4O4/c1-14-11-16(8-9-19(14)25(28)29)20(26)24-18-7-3-2-6-17(18)21(27)23-13-15-5-4-10-22-12-15/h2-12H,13H2,1H3,(H,23,27)(H,24,26). The van der Waals surface area contributed by atoms with Gasteiger partial charge in [0.25, 0.3) is 17.5 Å². The molecule has 0 spiro atoms. The number of carbonyl (C=O) groups excluding carboxylic acids is 2. The van der Waals surface area contributed by atoms with E-state index in [4.69, 9.17) is 0 Å². The number of nitro groups is 1. The van der Waals surface area contributed by atoms with E-state index in [1.165, 1.54) is 18.2 Å². The first-order valence-corrected chi connectivity index (χ1v) is 8.78. The van der Waals surface area contributed by atoms with Gasteiger partial charge in [0.2, 0.25) is 0 Å². The van der Waals surface area contributed by atoms with Crippen LogP contribution in [0.5, 0.6) is 0 Å². The van der Waals surface area contributed by atoms with E-state index in [9.17, 15) is 19.7 Å². The summed E-state index contributed by atoms with van der Waals surface area (Å²) < 4.78 is 0. The number of rotatable bonds is 6. The quantitative estimate of drug-likeness (QED) is 0.494. The molecule has 0 aliphatic heterocycles. The number of hydrogen-bond donors (Lipinski definition) is 2. The molecule has 0 aliphatic carbocycles. The highest BCUT2D eigenvalue weighted by Gasteiger charge is 2.16. The van der Waals surface area contributed by atoms with Gasteiger partial charge < -0.3 is 10.6 Å². The summed E-state index contributed by atoms with van der Waals surface area (Å²) in [6, 6.07) is 14.4. The van der Waals surface area contributed by atoms with Crippen LogP contribution in [0.3, 0.4) is 0 Å². The number of amides is 2. The molecule has 1 aromatic heterocycles. The number of nitrogens with one attached hydrogen (secondary N) is 2. The van der Waals surface area contributed by atoms with Gasteiger partial charge in [-0.1, -0.05) is 18.2 Å². The van der Waals surface area contributed by atoms with Gasteiger partial charge in [0.15, 0.2) is 0 Å². The largest absolute Gasteiger partial charge is 0.348 e. The molecule has 2 amide bonds. The van der Waals surface area contributed by atoms with E-state index in [0.29, 0.717) is 23.4 Å². The molecule has 0 fully saturated rings. The van der Waals surface area contributed by atoms with Crippen molar-refractivity contribution in [2.24, 2.45) is 0 Å². The Morgan fingerprint density at radius 3 is 2.55 bits per heavy atom. The summed E-state index contributed by atoms with van der Waals surface area (Å²) in [4.78, 5) is 39.6. The van der Waals surface area contributed by atoms with Gasteiger partial charge >= 0.3 is 0 Å². The number of nitrogens with zero attached hydrogens (tertiary/aromatic N) is 2. The highest BCUT2D eigenvalue weighted by molar-refractivity contribution is 6.09. The second-order valence-electron chi connectivity index (χ2n) is 6.30. The van der Waals surface area contributed by atoms with Crippen LogP contribution in [0.2, 0.25) is 0 Å². The third-order valence-corrected chi connectivity index (χ3v) is 4.25. The fourth-order valence-electron chi connectivity index (χ4n) is 2.77. The first-order valence-electron chi connectivity index (χ1n) is 8.78. The number of para-hydroxylation sites is 1. The topological polar surface area (TPSA) is 114 Å². The molecule has 0 atom stereocenters. The van der Waals surface area contributed by atoms with E-state index >= 15 is 0 Å². The van der Waals surface area contributed by atoms with E-state index in [0.717, 1.165) is 5.56 Å². The van der Waals surface area contributed by atoms with Gasteiger partial charge in [0, 0.05) is 36.1 Å². The molecule has 146 valence electrons. The highest BCUT2D eigenvalue weighted by atomic mass is 16.6. The Morgan fingerprint density at radius 1 is 1.07 bits per heavy atom. The normalized spacial score (nSPS) is 10.2. The van der Waals surface area contributed by atoms with Gasteiger partial charge in [0.05, 0.1) is 16.2 Å². The summed E-state index contributed by atoms with van der Waals surface area (Å²) in [5.74, 6) is -0.805. The lowest BCUT2D eigenvalue weighted by molar-refractivity contribution is -0.385. The molecule has 8 heteroatoms. The number of carbonyl (C=O) groups is 2. The minimum atomic E-state index is -0.501. The number of hydrogen-bond acceptors (Lipinski definition) is 5. The van der Waals surface area contributed by atoms with Crippen LogP contribution < -0.4 is 10.6 Å². The van der Waals surface area contributed by atoms with Crippen LogP contribution in [0.15, 0.2) is 67.0 Å². The summed E-state index contributed by atoms with van der Waals surface area (Å²) in [7, 11) is 0. The first kappa shape index (κ1) is 19.7. The maximum Gasteiger partial charge on any atom is 0.272 e. The lowest BCUT2D eigenvalue weighted by Crippen LogP contribution is -2.25. The van der Waals surface area contributed by atoms with Crippen LogP contribution in [0.25, 0.3) is 0 Å². The van der Waals surface area contributed by atoms with E-state index < -0.39 is 10.8 Å². The number of pyridine rings is 1. The van der Waals surface area contributed by atoms with Crippen LogP contribution in [-0.2, 0) is 6.54 Å². The van der Waals surface area contributed by atoms with Crippen molar-refractivity contribution in [3.8, 4) is 0 Å². The van der Waals surface area contributed by atoms with Crippen LogP contribution in [-0.4, -0.2) is 21.7 Å². The molecule has 0 unspecified atom stereocenters. The molecule has 0 aliphatic rings. The second-order valence-corrected chi connectivity index (χ2v) is 6.30. The number of benzene rings is 2. The third kappa shape index (κ3) is 4.81. The van der Waals surface area contributed by atoms with Crippen molar-refractivity contribution in [1.82, 2.24) is 10.3 Å². The van der Waals surface area contributed by atoms with Crippen molar-refractivity contribution >= 4 is 23.2 Å². The molecule has 29 heavy (non-hydrogen) atoms. The third-order valence-electron chi connectivity index (χ3n) is 4.25. The average Bonchev–Trinajstić information content (AvgIpc) is 2.72. The van der Waals surface area contributed by atoms with Crippen molar-refractivity contribution in [3.63, 3.8) is 0 Å². The number of aromatic nitrogens is 1. The molecule has 0 saturated carbocycles. The Labute approximate surface area is 166 Å². The SMILES string of the molecule is Cc1cc(C(=O)Nc2ccccc2C(=O)NCc2cccnc2)ccc1[N+](=O)[O-]. The van der Waals surface area contributed by atoms with Crippen molar-refractivity contribution < 1.29 is 14.5 Å². The highest BCUT2D eigenvalue weighted by Crippen LogP contribution is 2.21. The van der Waals surface area contributed by atoms with Gasteiger partial charge in [-0.25, -0.2) is 0 Å². The molecule has 2 aromatic carbocycles. The lowest BCUT2D eigenvalue weighted by Gasteiger charge is -2.12. The molecule has 0 bridgehead atoms. The van der Waals surface area contributed by atoms with Gasteiger partial charge in [-0.2, -0.15) is 0 Å². The summed E-state index contributed by atoms with van der Waals surface area (Å²) in [5.41, 5.74) is 2.09. The van der Waals surface area contributed by atoms with E-state index in [-0.39, 0.29) is 17.2 Å². The van der Waals surface area contributed by atoms with Crippen LogP contribution in [0, 0.1) is 17.0 Å². The monoisotopic (exact) mass is 390 g/mol. The molecular formula is C21H18N4O4. The van der Waals surface area contributed by atoms with Gasteiger partial charge in [-0.15, -0.1) is 0 Å². The zero-order valence-corrected chi connectivity index (χ0v) is 15.6. The average molecular weight is 390 g/mol. The summed E-state index contributed by atoms with van der Waals surface area (Å²) >= 11 is 0. The molecular weight excluding hydrogens is 372 g/mol. The zero-order valence-electron chi connectivity index (χ0n) is 15.6. The maximum atomic E-state index is 12.6. The van der Waals surface area contributed by atoms with E-state index in [2.05, 4.69) is 15.6 Å². The molecule has 0 radical (unpaired) electrons. The van der Waals surface area contributed by atoms with Crippen LogP contribution in [0.1, 0.15) is 31.8 Å². The minimum Gasteiger partial charge on any atom is -0.348 e. The molecule has 1 heterocycles. The second kappa shape index (κ2) is 8.75. The van der Waals surface area contributed by atoms with E-state index in [1.807, 2.05) is 6.07 Å². The predicted molar refractivity (Wildman–Crippen MR) is 108 cm³/mol. The Balaban J connectivity index is 1.74. The van der Waals surface area contributed by atoms with E-state index in [1.54, 1.807) is 49.6 Å². The Hall–Kier alpha value is -4.07. The summed E-state index contributed by atoms with van der Waals surface area (Å²) in [5, 5.41) is 16.4. The van der Waals surface area contributed by atoms with Gasteiger partial charge in [-0.3, -0.25) is 24.7 Å². The van der Waals surface area contributed by atoms with Gasteiger partial charge in [0.1, 0.15) is 0 Å². The van der Waals surface area contributed by atoms with Gasteiger partial charge in [-0.05, 0) is 42.8 Å². The summed E-state index contributed by atoms with van der Waals surface area (Å²) in [6.45, 7) is 1.87. The van der Waals surface area contributed by atoms with Crippen LogP contribution in [0.4, 0.5) is 11.4 Å². The lowest BCUT2D eigenvalue weighted by atomic mass is 10.1. The first-order chi connectivity index (χ1) is 14.0. The molecule has 2 N–H and O–H groups in total.